The third-order valence-corrected chi connectivity index (χ3v) is 4.37. The van der Waals surface area contributed by atoms with Crippen LogP contribution in [0.3, 0.4) is 0 Å². The van der Waals surface area contributed by atoms with Crippen molar-refractivity contribution >= 4 is 17.4 Å². The zero-order valence-corrected chi connectivity index (χ0v) is 13.0. The molecule has 2 aromatic rings. The smallest absolute Gasteiger partial charge is 0.317 e. The summed E-state index contributed by atoms with van der Waals surface area (Å²) in [6, 6.07) is 7.53. The van der Waals surface area contributed by atoms with Crippen molar-refractivity contribution in [2.24, 2.45) is 0 Å². The average Bonchev–Trinajstić information content (AvgIpc) is 3.07. The van der Waals surface area contributed by atoms with Gasteiger partial charge in [0, 0.05) is 23.7 Å². The Morgan fingerprint density at radius 3 is 3.18 bits per heavy atom. The van der Waals surface area contributed by atoms with Crippen molar-refractivity contribution in [1.29, 1.82) is 0 Å². The quantitative estimate of drug-likeness (QED) is 0.939. The number of piperidine rings is 1. The third kappa shape index (κ3) is 3.94. The summed E-state index contributed by atoms with van der Waals surface area (Å²) in [6.07, 6.45) is 3.43. The van der Waals surface area contributed by atoms with E-state index in [-0.39, 0.29) is 12.1 Å². The van der Waals surface area contributed by atoms with E-state index < -0.39 is 0 Å². The van der Waals surface area contributed by atoms with Gasteiger partial charge in [0.25, 0.3) is 0 Å². The first-order valence-electron chi connectivity index (χ1n) is 7.31. The van der Waals surface area contributed by atoms with E-state index in [1.807, 2.05) is 17.5 Å². The van der Waals surface area contributed by atoms with Crippen molar-refractivity contribution < 1.29 is 9.53 Å². The zero-order valence-electron chi connectivity index (χ0n) is 12.1. The lowest BCUT2D eigenvalue weighted by molar-refractivity contribution is 0.0969. The van der Waals surface area contributed by atoms with Crippen molar-refractivity contribution in [1.82, 2.24) is 20.4 Å². The number of amides is 2. The molecule has 3 heterocycles. The maximum absolute atomic E-state index is 12.2. The van der Waals surface area contributed by atoms with Crippen LogP contribution in [0.25, 0.3) is 0 Å². The van der Waals surface area contributed by atoms with Crippen LogP contribution < -0.4 is 10.1 Å². The summed E-state index contributed by atoms with van der Waals surface area (Å²) in [7, 11) is 0. The highest BCUT2D eigenvalue weighted by Gasteiger charge is 2.25. The van der Waals surface area contributed by atoms with Crippen LogP contribution in [0.15, 0.2) is 35.8 Å². The normalized spacial score (nSPS) is 18.0. The van der Waals surface area contributed by atoms with E-state index in [1.54, 1.807) is 34.6 Å². The minimum atomic E-state index is -0.0409. The number of rotatable bonds is 4. The van der Waals surface area contributed by atoms with Gasteiger partial charge >= 0.3 is 6.03 Å². The van der Waals surface area contributed by atoms with Gasteiger partial charge in [0.1, 0.15) is 6.10 Å². The second kappa shape index (κ2) is 7.22. The molecule has 6 nitrogen and oxygen atoms in total. The number of aromatic nitrogens is 2. The fourth-order valence-corrected chi connectivity index (χ4v) is 3.07. The lowest BCUT2D eigenvalue weighted by Gasteiger charge is -2.32. The predicted molar refractivity (Wildman–Crippen MR) is 83.8 cm³/mol. The Morgan fingerprint density at radius 1 is 1.45 bits per heavy atom. The molecule has 0 radical (unpaired) electrons. The number of carbonyl (C=O) groups excluding carboxylic acids is 1. The number of nitrogens with zero attached hydrogens (tertiary/aromatic N) is 3. The first-order chi connectivity index (χ1) is 10.8. The molecule has 0 unspecified atom stereocenters. The monoisotopic (exact) mass is 318 g/mol. The SMILES string of the molecule is O=C(NCc1cccs1)N1CCC[C@@H](Oc2cccnn2)C1. The number of urea groups is 1. The molecule has 1 aliphatic heterocycles. The molecule has 0 saturated carbocycles. The minimum absolute atomic E-state index is 0.0297. The molecule has 22 heavy (non-hydrogen) atoms. The lowest BCUT2D eigenvalue weighted by Crippen LogP contribution is -2.48. The van der Waals surface area contributed by atoms with Crippen LogP contribution in [0.4, 0.5) is 4.79 Å². The Bertz CT molecular complexity index is 591. The fourth-order valence-electron chi connectivity index (χ4n) is 2.43. The number of hydrogen-bond donors (Lipinski definition) is 1. The van der Waals surface area contributed by atoms with Gasteiger partial charge in [-0.15, -0.1) is 16.4 Å². The van der Waals surface area contributed by atoms with Crippen LogP contribution in [0.2, 0.25) is 0 Å². The van der Waals surface area contributed by atoms with Gasteiger partial charge in [-0.1, -0.05) is 6.07 Å². The first-order valence-corrected chi connectivity index (χ1v) is 8.19. The molecule has 0 aromatic carbocycles. The van der Waals surface area contributed by atoms with E-state index in [0.29, 0.717) is 19.0 Å². The van der Waals surface area contributed by atoms with E-state index in [1.165, 1.54) is 0 Å². The number of ether oxygens (including phenoxy) is 1. The number of nitrogens with one attached hydrogen (secondary N) is 1. The van der Waals surface area contributed by atoms with Crippen LogP contribution in [-0.4, -0.2) is 40.3 Å². The molecule has 1 saturated heterocycles. The largest absolute Gasteiger partial charge is 0.471 e. The fraction of sp³-hybridized carbons (Fsp3) is 0.400. The molecule has 0 bridgehead atoms. The molecule has 3 rings (SSSR count). The van der Waals surface area contributed by atoms with Crippen LogP contribution in [-0.2, 0) is 6.54 Å². The van der Waals surface area contributed by atoms with Gasteiger partial charge in [-0.2, -0.15) is 5.10 Å². The van der Waals surface area contributed by atoms with Gasteiger partial charge < -0.3 is 15.0 Å². The molecule has 1 aliphatic rings. The summed E-state index contributed by atoms with van der Waals surface area (Å²) in [4.78, 5) is 15.2. The van der Waals surface area contributed by atoms with Crippen molar-refractivity contribution in [2.45, 2.75) is 25.5 Å². The second-order valence-electron chi connectivity index (χ2n) is 5.13. The first kappa shape index (κ1) is 14.8. The molecule has 1 fully saturated rings. The van der Waals surface area contributed by atoms with Gasteiger partial charge in [0.2, 0.25) is 5.88 Å². The summed E-state index contributed by atoms with van der Waals surface area (Å²) < 4.78 is 5.79. The van der Waals surface area contributed by atoms with Crippen molar-refractivity contribution in [3.05, 3.63) is 40.7 Å². The Kier molecular flexibility index (Phi) is 4.85. The molecule has 2 amide bonds. The van der Waals surface area contributed by atoms with Crippen molar-refractivity contribution in [2.75, 3.05) is 13.1 Å². The van der Waals surface area contributed by atoms with E-state index in [0.717, 1.165) is 24.3 Å². The Balaban J connectivity index is 1.50. The van der Waals surface area contributed by atoms with Crippen LogP contribution in [0, 0.1) is 0 Å². The maximum atomic E-state index is 12.2. The van der Waals surface area contributed by atoms with E-state index >= 15 is 0 Å². The highest BCUT2D eigenvalue weighted by Crippen LogP contribution is 2.16. The van der Waals surface area contributed by atoms with Gasteiger partial charge in [-0.25, -0.2) is 4.79 Å². The summed E-state index contributed by atoms with van der Waals surface area (Å²) >= 11 is 1.64. The maximum Gasteiger partial charge on any atom is 0.317 e. The molecule has 7 heteroatoms. The second-order valence-corrected chi connectivity index (χ2v) is 6.16. The number of likely N-dealkylation sites (tertiary alicyclic amines) is 1. The molecule has 0 aliphatic carbocycles. The molecule has 116 valence electrons. The minimum Gasteiger partial charge on any atom is -0.471 e. The van der Waals surface area contributed by atoms with Crippen molar-refractivity contribution in [3.8, 4) is 5.88 Å². The lowest BCUT2D eigenvalue weighted by atomic mass is 10.1. The Morgan fingerprint density at radius 2 is 2.41 bits per heavy atom. The van der Waals surface area contributed by atoms with E-state index in [4.69, 9.17) is 4.74 Å². The number of carbonyl (C=O) groups is 1. The number of thiophene rings is 1. The van der Waals surface area contributed by atoms with Crippen molar-refractivity contribution in [3.63, 3.8) is 0 Å². The molecule has 2 aromatic heterocycles. The molecule has 1 N–H and O–H groups in total. The highest BCUT2D eigenvalue weighted by molar-refractivity contribution is 7.09. The topological polar surface area (TPSA) is 67.4 Å². The Hall–Kier alpha value is -2.15. The summed E-state index contributed by atoms with van der Waals surface area (Å²) in [6.45, 7) is 1.91. The highest BCUT2D eigenvalue weighted by atomic mass is 32.1. The molecule has 1 atom stereocenters. The predicted octanol–water partition coefficient (Wildman–Crippen LogP) is 2.29. The summed E-state index contributed by atoms with van der Waals surface area (Å²) in [5.41, 5.74) is 0. The van der Waals surface area contributed by atoms with Gasteiger partial charge in [0.15, 0.2) is 0 Å². The molecule has 0 spiro atoms. The summed E-state index contributed by atoms with van der Waals surface area (Å²) in [5, 5.41) is 12.7. The zero-order chi connectivity index (χ0) is 15.2. The standard InChI is InChI=1S/C15H18N4O2S/c20-15(16-10-13-5-3-9-22-13)19-8-2-4-12(11-19)21-14-6-1-7-17-18-14/h1,3,5-7,9,12H,2,4,8,10-11H2,(H,16,20)/t12-/m1/s1. The van der Waals surface area contributed by atoms with Gasteiger partial charge in [-0.3, -0.25) is 0 Å². The average molecular weight is 318 g/mol. The Labute approximate surface area is 133 Å². The van der Waals surface area contributed by atoms with Gasteiger partial charge in [-0.05, 0) is 30.4 Å². The third-order valence-electron chi connectivity index (χ3n) is 3.49. The van der Waals surface area contributed by atoms with Gasteiger partial charge in [0.05, 0.1) is 13.1 Å². The summed E-state index contributed by atoms with van der Waals surface area (Å²) in [5.74, 6) is 0.508. The van der Waals surface area contributed by atoms with E-state index in [2.05, 4.69) is 15.5 Å². The van der Waals surface area contributed by atoms with Crippen LogP contribution in [0.1, 0.15) is 17.7 Å². The number of hydrogen-bond acceptors (Lipinski definition) is 5. The molecular weight excluding hydrogens is 300 g/mol. The molecular formula is C15H18N4O2S. The van der Waals surface area contributed by atoms with Crippen LogP contribution >= 0.6 is 11.3 Å². The van der Waals surface area contributed by atoms with Crippen LogP contribution in [0.5, 0.6) is 5.88 Å². The van der Waals surface area contributed by atoms with E-state index in [9.17, 15) is 4.79 Å².